The number of aliphatic carboxylic acids is 1. The lowest BCUT2D eigenvalue weighted by molar-refractivity contribution is -0.306. The van der Waals surface area contributed by atoms with Crippen LogP contribution in [0.15, 0.2) is 48.5 Å². The SMILES string of the molecule is Cc1cc(OCC(=O)N(C)C)cc(C)c1-c1cccc(CNc2ccc3c(c2)CC2(CC2)C3CC(=O)[O-])c1C. The van der Waals surface area contributed by atoms with Crippen molar-refractivity contribution >= 4 is 17.6 Å². The van der Waals surface area contributed by atoms with Crippen molar-refractivity contribution in [2.24, 2.45) is 5.41 Å². The predicted molar refractivity (Wildman–Crippen MR) is 152 cm³/mol. The Morgan fingerprint density at radius 2 is 1.77 bits per heavy atom. The first kappa shape index (κ1) is 26.8. The lowest BCUT2D eigenvalue weighted by atomic mass is 9.87. The van der Waals surface area contributed by atoms with Crippen LogP contribution in [0, 0.1) is 26.2 Å². The number of likely N-dealkylation sites (N-methyl/N-ethyl adjacent to an activating group) is 1. The van der Waals surface area contributed by atoms with Crippen molar-refractivity contribution in [3.63, 3.8) is 0 Å². The molecule has 1 saturated carbocycles. The molecule has 1 fully saturated rings. The number of carboxylic acid groups (broad SMARTS) is 1. The average Bonchev–Trinajstić information content (AvgIpc) is 3.59. The number of carboxylic acids is 1. The summed E-state index contributed by atoms with van der Waals surface area (Å²) < 4.78 is 5.76. The maximum atomic E-state index is 11.9. The number of rotatable bonds is 9. The second-order valence-electron chi connectivity index (χ2n) is 11.5. The number of hydrogen-bond donors (Lipinski definition) is 1. The van der Waals surface area contributed by atoms with E-state index in [-0.39, 0.29) is 30.3 Å². The topological polar surface area (TPSA) is 81.7 Å². The minimum Gasteiger partial charge on any atom is -0.550 e. The molecular weight excluding hydrogens is 488 g/mol. The number of nitrogens with zero attached hydrogens (tertiary/aromatic N) is 1. The van der Waals surface area contributed by atoms with Crippen LogP contribution in [0.3, 0.4) is 0 Å². The van der Waals surface area contributed by atoms with Gasteiger partial charge in [0.25, 0.3) is 5.91 Å². The van der Waals surface area contributed by atoms with Crippen molar-refractivity contribution < 1.29 is 19.4 Å². The lowest BCUT2D eigenvalue weighted by Gasteiger charge is -2.20. The maximum Gasteiger partial charge on any atom is 0.259 e. The molecule has 0 bridgehead atoms. The van der Waals surface area contributed by atoms with E-state index in [2.05, 4.69) is 62.5 Å². The third-order valence-corrected chi connectivity index (χ3v) is 8.63. The number of aryl methyl sites for hydroxylation is 2. The molecule has 0 aromatic heterocycles. The fraction of sp³-hybridized carbons (Fsp3) is 0.394. The summed E-state index contributed by atoms with van der Waals surface area (Å²) in [6, 6.07) is 16.8. The molecule has 1 spiro atoms. The van der Waals surface area contributed by atoms with Crippen molar-refractivity contribution in [2.45, 2.75) is 58.9 Å². The highest BCUT2D eigenvalue weighted by molar-refractivity contribution is 5.78. The van der Waals surface area contributed by atoms with Crippen molar-refractivity contribution in [3.8, 4) is 16.9 Å². The van der Waals surface area contributed by atoms with Gasteiger partial charge in [0.1, 0.15) is 5.75 Å². The summed E-state index contributed by atoms with van der Waals surface area (Å²) in [5.41, 5.74) is 10.7. The number of carbonyl (C=O) groups is 2. The van der Waals surface area contributed by atoms with E-state index >= 15 is 0 Å². The summed E-state index contributed by atoms with van der Waals surface area (Å²) in [5.74, 6) is -0.241. The van der Waals surface area contributed by atoms with E-state index < -0.39 is 5.97 Å². The summed E-state index contributed by atoms with van der Waals surface area (Å²) >= 11 is 0. The van der Waals surface area contributed by atoms with Gasteiger partial charge in [-0.25, -0.2) is 0 Å². The summed E-state index contributed by atoms with van der Waals surface area (Å²) in [5, 5.41) is 15.0. The van der Waals surface area contributed by atoms with Crippen LogP contribution in [0.5, 0.6) is 5.75 Å². The highest BCUT2D eigenvalue weighted by atomic mass is 16.5. The van der Waals surface area contributed by atoms with Crippen LogP contribution in [0.1, 0.15) is 58.6 Å². The summed E-state index contributed by atoms with van der Waals surface area (Å²) in [6.45, 7) is 7.04. The Kier molecular flexibility index (Phi) is 7.15. The minimum absolute atomic E-state index is 0.0203. The summed E-state index contributed by atoms with van der Waals surface area (Å²) in [6.07, 6.45) is 3.29. The standard InChI is InChI=1S/C33H38N2O4/c1-20-13-26(39-19-30(36)35(4)5)14-21(2)32(20)27-8-6-7-23(22(27)3)18-34-25-9-10-28-24(15-25)17-33(11-12-33)29(28)16-31(37)38/h6-10,13-15,29,34H,11-12,16-19H2,1-5H3,(H,37,38)/p-1. The molecule has 2 aliphatic carbocycles. The first-order chi connectivity index (χ1) is 18.6. The highest BCUT2D eigenvalue weighted by Crippen LogP contribution is 2.64. The number of benzene rings is 3. The van der Waals surface area contributed by atoms with Crippen molar-refractivity contribution in [3.05, 3.63) is 81.9 Å². The van der Waals surface area contributed by atoms with Crippen LogP contribution in [0.2, 0.25) is 0 Å². The van der Waals surface area contributed by atoms with Crippen LogP contribution in [-0.2, 0) is 22.6 Å². The van der Waals surface area contributed by atoms with Crippen LogP contribution < -0.4 is 15.2 Å². The highest BCUT2D eigenvalue weighted by Gasteiger charge is 2.53. The zero-order valence-corrected chi connectivity index (χ0v) is 23.5. The Morgan fingerprint density at radius 3 is 2.41 bits per heavy atom. The molecule has 0 aliphatic heterocycles. The molecule has 3 aromatic rings. The smallest absolute Gasteiger partial charge is 0.259 e. The first-order valence-electron chi connectivity index (χ1n) is 13.7. The van der Waals surface area contributed by atoms with E-state index in [4.69, 9.17) is 4.74 Å². The zero-order chi connectivity index (χ0) is 27.9. The van der Waals surface area contributed by atoms with E-state index in [0.29, 0.717) is 12.3 Å². The van der Waals surface area contributed by atoms with Gasteiger partial charge in [0, 0.05) is 32.3 Å². The molecule has 204 valence electrons. The molecular formula is C33H37N2O4-. The molecule has 6 heteroatoms. The number of carbonyl (C=O) groups excluding carboxylic acids is 2. The summed E-state index contributed by atoms with van der Waals surface area (Å²) in [4.78, 5) is 24.8. The molecule has 39 heavy (non-hydrogen) atoms. The molecule has 1 amide bonds. The third-order valence-electron chi connectivity index (χ3n) is 8.63. The Balaban J connectivity index is 1.32. The predicted octanol–water partition coefficient (Wildman–Crippen LogP) is 4.92. The van der Waals surface area contributed by atoms with E-state index in [1.54, 1.807) is 14.1 Å². The molecule has 0 radical (unpaired) electrons. The molecule has 2 aliphatic rings. The zero-order valence-electron chi connectivity index (χ0n) is 23.5. The second-order valence-corrected chi connectivity index (χ2v) is 11.5. The van der Waals surface area contributed by atoms with Gasteiger partial charge in [0.15, 0.2) is 6.61 Å². The number of amides is 1. The Morgan fingerprint density at radius 1 is 1.05 bits per heavy atom. The van der Waals surface area contributed by atoms with Gasteiger partial charge in [-0.3, -0.25) is 4.79 Å². The Bertz CT molecular complexity index is 1410. The molecule has 5 rings (SSSR count). The maximum absolute atomic E-state index is 11.9. The van der Waals surface area contributed by atoms with E-state index in [1.807, 2.05) is 12.1 Å². The Labute approximate surface area is 231 Å². The monoisotopic (exact) mass is 525 g/mol. The minimum atomic E-state index is -0.955. The van der Waals surface area contributed by atoms with Gasteiger partial charge in [-0.1, -0.05) is 24.3 Å². The molecule has 1 N–H and O–H groups in total. The van der Waals surface area contributed by atoms with Gasteiger partial charge in [-0.2, -0.15) is 0 Å². The molecule has 1 atom stereocenters. The quantitative estimate of drug-likeness (QED) is 0.429. The van der Waals surface area contributed by atoms with Crippen molar-refractivity contribution in [1.82, 2.24) is 4.90 Å². The van der Waals surface area contributed by atoms with Crippen LogP contribution >= 0.6 is 0 Å². The molecule has 3 aromatic carbocycles. The fourth-order valence-corrected chi connectivity index (χ4v) is 6.27. The number of nitrogens with one attached hydrogen (secondary N) is 1. The molecule has 1 unspecified atom stereocenters. The van der Waals surface area contributed by atoms with Gasteiger partial charge in [0.2, 0.25) is 0 Å². The van der Waals surface area contributed by atoms with Crippen molar-refractivity contribution in [2.75, 3.05) is 26.0 Å². The fourth-order valence-electron chi connectivity index (χ4n) is 6.27. The van der Waals surface area contributed by atoms with Crippen LogP contribution in [0.25, 0.3) is 11.1 Å². The van der Waals surface area contributed by atoms with Gasteiger partial charge < -0.3 is 24.9 Å². The van der Waals surface area contributed by atoms with E-state index in [0.717, 1.165) is 36.1 Å². The van der Waals surface area contributed by atoms with Gasteiger partial charge in [-0.15, -0.1) is 0 Å². The van der Waals surface area contributed by atoms with E-state index in [1.165, 1.54) is 38.3 Å². The third kappa shape index (κ3) is 5.38. The summed E-state index contributed by atoms with van der Waals surface area (Å²) in [7, 11) is 3.44. The van der Waals surface area contributed by atoms with Crippen LogP contribution in [0.4, 0.5) is 5.69 Å². The van der Waals surface area contributed by atoms with Gasteiger partial charge in [0.05, 0.1) is 0 Å². The van der Waals surface area contributed by atoms with Gasteiger partial charge >= 0.3 is 0 Å². The first-order valence-corrected chi connectivity index (χ1v) is 13.7. The average molecular weight is 526 g/mol. The normalized spacial score (nSPS) is 16.6. The lowest BCUT2D eigenvalue weighted by Crippen LogP contribution is -2.27. The second kappa shape index (κ2) is 10.4. The number of hydrogen-bond acceptors (Lipinski definition) is 5. The molecule has 0 heterocycles. The van der Waals surface area contributed by atoms with E-state index in [9.17, 15) is 14.7 Å². The molecule has 0 saturated heterocycles. The number of fused-ring (bicyclic) bond motifs is 1. The van der Waals surface area contributed by atoms with Crippen molar-refractivity contribution in [1.29, 1.82) is 0 Å². The van der Waals surface area contributed by atoms with Gasteiger partial charge in [-0.05, 0) is 127 Å². The number of ether oxygens (including phenoxy) is 1. The largest absolute Gasteiger partial charge is 0.550 e. The Hall–Kier alpha value is -3.80. The number of anilines is 1. The van der Waals surface area contributed by atoms with Crippen LogP contribution in [-0.4, -0.2) is 37.5 Å². The molecule has 6 nitrogen and oxygen atoms in total.